The predicted octanol–water partition coefficient (Wildman–Crippen LogP) is 4.55. The minimum atomic E-state index is 0.00856. The van der Waals surface area contributed by atoms with Crippen molar-refractivity contribution in [2.45, 2.75) is 19.4 Å². The maximum atomic E-state index is 6.28. The SMILES string of the molecule is CNC(c1cccc(Cl)c1C)c1cc(Cl)cc2c1OCC2. The van der Waals surface area contributed by atoms with E-state index >= 15 is 0 Å². The van der Waals surface area contributed by atoms with E-state index in [0.717, 1.165) is 38.9 Å². The maximum absolute atomic E-state index is 6.28. The minimum absolute atomic E-state index is 0.00856. The Morgan fingerprint density at radius 3 is 2.76 bits per heavy atom. The Balaban J connectivity index is 2.15. The molecule has 0 saturated heterocycles. The first kappa shape index (κ1) is 14.7. The molecule has 2 nitrogen and oxygen atoms in total. The zero-order valence-electron chi connectivity index (χ0n) is 12.0. The summed E-state index contributed by atoms with van der Waals surface area (Å²) in [5.41, 5.74) is 4.47. The summed E-state index contributed by atoms with van der Waals surface area (Å²) in [6.07, 6.45) is 0.911. The highest BCUT2D eigenvalue weighted by atomic mass is 35.5. The fourth-order valence-electron chi connectivity index (χ4n) is 2.93. The molecule has 0 amide bonds. The topological polar surface area (TPSA) is 21.3 Å². The first-order valence-corrected chi connectivity index (χ1v) is 7.74. The summed E-state index contributed by atoms with van der Waals surface area (Å²) in [6.45, 7) is 2.75. The molecule has 1 unspecified atom stereocenters. The maximum Gasteiger partial charge on any atom is 0.127 e. The Labute approximate surface area is 135 Å². The van der Waals surface area contributed by atoms with Crippen molar-refractivity contribution in [3.05, 3.63) is 62.6 Å². The summed E-state index contributed by atoms with van der Waals surface area (Å²) < 4.78 is 5.83. The molecule has 0 aliphatic carbocycles. The van der Waals surface area contributed by atoms with Crippen LogP contribution in [0.1, 0.15) is 28.3 Å². The van der Waals surface area contributed by atoms with Gasteiger partial charge in [0.2, 0.25) is 0 Å². The molecular weight excluding hydrogens is 305 g/mol. The lowest BCUT2D eigenvalue weighted by atomic mass is 9.93. The number of nitrogens with one attached hydrogen (secondary N) is 1. The van der Waals surface area contributed by atoms with E-state index in [0.29, 0.717) is 6.61 Å². The number of rotatable bonds is 3. The van der Waals surface area contributed by atoms with E-state index < -0.39 is 0 Å². The number of halogens is 2. The van der Waals surface area contributed by atoms with Crippen LogP contribution in [0.5, 0.6) is 5.75 Å². The molecule has 0 bridgehead atoms. The van der Waals surface area contributed by atoms with E-state index in [1.54, 1.807) is 0 Å². The third-order valence-electron chi connectivity index (χ3n) is 4.00. The van der Waals surface area contributed by atoms with Crippen LogP contribution in [0.25, 0.3) is 0 Å². The second kappa shape index (κ2) is 5.88. The molecule has 0 fully saturated rings. The Bertz CT molecular complexity index is 685. The normalized spacial score (nSPS) is 14.7. The molecule has 1 aliphatic rings. The second-order valence-electron chi connectivity index (χ2n) is 5.26. The van der Waals surface area contributed by atoms with Crippen LogP contribution in [0.15, 0.2) is 30.3 Å². The highest BCUT2D eigenvalue weighted by Crippen LogP contribution is 2.39. The van der Waals surface area contributed by atoms with Crippen molar-refractivity contribution >= 4 is 23.2 Å². The molecule has 2 aromatic rings. The van der Waals surface area contributed by atoms with Gasteiger partial charge in [-0.2, -0.15) is 0 Å². The standard InChI is InChI=1S/C17H17Cl2NO/c1-10-13(4-3-5-15(10)19)16(20-2)14-9-12(18)8-11-6-7-21-17(11)14/h3-5,8-9,16,20H,6-7H2,1-2H3. The monoisotopic (exact) mass is 321 g/mol. The third kappa shape index (κ3) is 2.64. The fraction of sp³-hybridized carbons (Fsp3) is 0.294. The average Bonchev–Trinajstić information content (AvgIpc) is 2.92. The first-order valence-electron chi connectivity index (χ1n) is 6.99. The van der Waals surface area contributed by atoms with Crippen LogP contribution in [0.2, 0.25) is 10.0 Å². The number of ether oxygens (including phenoxy) is 1. The van der Waals surface area contributed by atoms with Crippen LogP contribution in [0, 0.1) is 6.92 Å². The summed E-state index contributed by atoms with van der Waals surface area (Å²) in [6, 6.07) is 9.95. The first-order chi connectivity index (χ1) is 10.1. The molecule has 0 saturated carbocycles. The molecular formula is C17H17Cl2NO. The molecule has 1 heterocycles. The van der Waals surface area contributed by atoms with Gasteiger partial charge in [-0.1, -0.05) is 35.3 Å². The lowest BCUT2D eigenvalue weighted by Crippen LogP contribution is -2.19. The van der Waals surface area contributed by atoms with Gasteiger partial charge in [0, 0.05) is 22.0 Å². The molecule has 1 atom stereocenters. The quantitative estimate of drug-likeness (QED) is 0.895. The molecule has 2 aromatic carbocycles. The number of fused-ring (bicyclic) bond motifs is 1. The van der Waals surface area contributed by atoms with Crippen LogP contribution >= 0.6 is 23.2 Å². The van der Waals surface area contributed by atoms with Crippen molar-refractivity contribution in [3.8, 4) is 5.75 Å². The molecule has 0 radical (unpaired) electrons. The van der Waals surface area contributed by atoms with Gasteiger partial charge >= 0.3 is 0 Å². The Hall–Kier alpha value is -1.22. The summed E-state index contributed by atoms with van der Waals surface area (Å²) >= 11 is 12.5. The lowest BCUT2D eigenvalue weighted by Gasteiger charge is -2.22. The van der Waals surface area contributed by atoms with Crippen molar-refractivity contribution in [1.29, 1.82) is 0 Å². The van der Waals surface area contributed by atoms with Crippen molar-refractivity contribution in [2.24, 2.45) is 0 Å². The molecule has 1 N–H and O–H groups in total. The lowest BCUT2D eigenvalue weighted by molar-refractivity contribution is 0.351. The van der Waals surface area contributed by atoms with E-state index in [-0.39, 0.29) is 6.04 Å². The van der Waals surface area contributed by atoms with Gasteiger partial charge in [0.05, 0.1) is 12.6 Å². The highest BCUT2D eigenvalue weighted by Gasteiger charge is 2.25. The van der Waals surface area contributed by atoms with Gasteiger partial charge in [0.15, 0.2) is 0 Å². The van der Waals surface area contributed by atoms with Crippen molar-refractivity contribution < 1.29 is 4.74 Å². The minimum Gasteiger partial charge on any atom is -0.493 e. The van der Waals surface area contributed by atoms with E-state index in [1.807, 2.05) is 38.2 Å². The van der Waals surface area contributed by atoms with Gasteiger partial charge < -0.3 is 10.1 Å². The highest BCUT2D eigenvalue weighted by molar-refractivity contribution is 6.31. The molecule has 4 heteroatoms. The zero-order chi connectivity index (χ0) is 15.0. The van der Waals surface area contributed by atoms with Crippen molar-refractivity contribution in [1.82, 2.24) is 5.32 Å². The summed E-state index contributed by atoms with van der Waals surface area (Å²) in [5, 5.41) is 4.88. The fourth-order valence-corrected chi connectivity index (χ4v) is 3.36. The molecule has 0 spiro atoms. The number of hydrogen-bond acceptors (Lipinski definition) is 2. The van der Waals surface area contributed by atoms with Crippen LogP contribution in [0.3, 0.4) is 0 Å². The molecule has 3 rings (SSSR count). The smallest absolute Gasteiger partial charge is 0.127 e. The van der Waals surface area contributed by atoms with Gasteiger partial charge in [0.25, 0.3) is 0 Å². The van der Waals surface area contributed by atoms with Gasteiger partial charge in [-0.25, -0.2) is 0 Å². The van der Waals surface area contributed by atoms with Crippen LogP contribution in [-0.2, 0) is 6.42 Å². The van der Waals surface area contributed by atoms with E-state index in [2.05, 4.69) is 11.4 Å². The van der Waals surface area contributed by atoms with Gasteiger partial charge in [-0.05, 0) is 48.9 Å². The zero-order valence-corrected chi connectivity index (χ0v) is 13.6. The molecule has 110 valence electrons. The summed E-state index contributed by atoms with van der Waals surface area (Å²) in [5.74, 6) is 0.957. The molecule has 1 aliphatic heterocycles. The second-order valence-corrected chi connectivity index (χ2v) is 6.10. The van der Waals surface area contributed by atoms with Crippen LogP contribution in [0.4, 0.5) is 0 Å². The van der Waals surface area contributed by atoms with Gasteiger partial charge in [-0.15, -0.1) is 0 Å². The summed E-state index contributed by atoms with van der Waals surface area (Å²) in [4.78, 5) is 0. The summed E-state index contributed by atoms with van der Waals surface area (Å²) in [7, 11) is 1.94. The van der Waals surface area contributed by atoms with Gasteiger partial charge in [0.1, 0.15) is 5.75 Å². The molecule has 0 aromatic heterocycles. The van der Waals surface area contributed by atoms with Crippen LogP contribution in [-0.4, -0.2) is 13.7 Å². The Kier molecular flexibility index (Phi) is 4.12. The number of benzene rings is 2. The largest absolute Gasteiger partial charge is 0.493 e. The van der Waals surface area contributed by atoms with Crippen molar-refractivity contribution in [3.63, 3.8) is 0 Å². The number of hydrogen-bond donors (Lipinski definition) is 1. The van der Waals surface area contributed by atoms with Crippen molar-refractivity contribution in [2.75, 3.05) is 13.7 Å². The predicted molar refractivity (Wildman–Crippen MR) is 87.7 cm³/mol. The molecule has 21 heavy (non-hydrogen) atoms. The Morgan fingerprint density at radius 2 is 2.00 bits per heavy atom. The van der Waals surface area contributed by atoms with Crippen LogP contribution < -0.4 is 10.1 Å². The Morgan fingerprint density at radius 1 is 1.19 bits per heavy atom. The third-order valence-corrected chi connectivity index (χ3v) is 4.63. The van der Waals surface area contributed by atoms with Gasteiger partial charge in [-0.3, -0.25) is 0 Å². The van der Waals surface area contributed by atoms with E-state index in [1.165, 1.54) is 5.56 Å². The van der Waals surface area contributed by atoms with E-state index in [4.69, 9.17) is 27.9 Å². The van der Waals surface area contributed by atoms with E-state index in [9.17, 15) is 0 Å². The average molecular weight is 322 g/mol.